The van der Waals surface area contributed by atoms with Gasteiger partial charge in [-0.3, -0.25) is 9.78 Å². The average Bonchev–Trinajstić information content (AvgIpc) is 3.24. The zero-order valence-electron chi connectivity index (χ0n) is 18.7. The van der Waals surface area contributed by atoms with Crippen LogP contribution in [-0.2, 0) is 10.0 Å². The van der Waals surface area contributed by atoms with Crippen LogP contribution in [0, 0.1) is 0 Å². The van der Waals surface area contributed by atoms with Crippen molar-refractivity contribution in [3.8, 4) is 0 Å². The van der Waals surface area contributed by atoms with E-state index in [0.29, 0.717) is 31.9 Å². The zero-order valence-corrected chi connectivity index (χ0v) is 19.5. The van der Waals surface area contributed by atoms with E-state index in [-0.39, 0.29) is 11.8 Å². The molecule has 5 heterocycles. The predicted octanol–water partition coefficient (Wildman–Crippen LogP) is 1.83. The van der Waals surface area contributed by atoms with Crippen LogP contribution in [0.15, 0.2) is 48.9 Å². The summed E-state index contributed by atoms with van der Waals surface area (Å²) in [5, 5.41) is 0. The molecule has 10 heteroatoms. The third-order valence-electron chi connectivity index (χ3n) is 6.59. The minimum absolute atomic E-state index is 0.0477. The molecule has 1 amide bonds. The average molecular weight is 469 g/mol. The van der Waals surface area contributed by atoms with Crippen LogP contribution in [-0.4, -0.2) is 83.4 Å². The van der Waals surface area contributed by atoms with Crippen molar-refractivity contribution in [2.24, 2.45) is 0 Å². The minimum Gasteiger partial charge on any atom is -0.368 e. The van der Waals surface area contributed by atoms with Crippen molar-refractivity contribution in [2.75, 3.05) is 50.4 Å². The number of rotatable bonds is 4. The predicted molar refractivity (Wildman–Crippen MR) is 126 cm³/mol. The van der Waals surface area contributed by atoms with Crippen molar-refractivity contribution in [2.45, 2.75) is 18.8 Å². The van der Waals surface area contributed by atoms with Crippen LogP contribution in [0.5, 0.6) is 0 Å². The summed E-state index contributed by atoms with van der Waals surface area (Å²) in [5.74, 6) is 0.640. The molecule has 0 aromatic carbocycles. The van der Waals surface area contributed by atoms with Gasteiger partial charge in [-0.25, -0.2) is 17.7 Å². The number of sulfonamides is 1. The maximum atomic E-state index is 13.5. The molecule has 0 saturated carbocycles. The van der Waals surface area contributed by atoms with E-state index in [9.17, 15) is 13.2 Å². The Morgan fingerprint density at radius 2 is 1.79 bits per heavy atom. The van der Waals surface area contributed by atoms with Gasteiger partial charge in [0.05, 0.1) is 11.8 Å². The zero-order chi connectivity index (χ0) is 23.0. The van der Waals surface area contributed by atoms with Crippen molar-refractivity contribution in [3.05, 3.63) is 60.4 Å². The lowest BCUT2D eigenvalue weighted by molar-refractivity contribution is 0.0743. The highest BCUT2D eigenvalue weighted by atomic mass is 32.2. The monoisotopic (exact) mass is 468 g/mol. The van der Waals surface area contributed by atoms with E-state index in [0.717, 1.165) is 43.0 Å². The summed E-state index contributed by atoms with van der Waals surface area (Å²) in [4.78, 5) is 26.5. The van der Waals surface area contributed by atoms with Crippen LogP contribution < -0.4 is 4.90 Å². The lowest BCUT2D eigenvalue weighted by atomic mass is 9.99. The van der Waals surface area contributed by atoms with Crippen LogP contribution >= 0.6 is 0 Å². The van der Waals surface area contributed by atoms with Crippen molar-refractivity contribution in [1.29, 1.82) is 0 Å². The quantitative estimate of drug-likeness (QED) is 0.580. The van der Waals surface area contributed by atoms with Gasteiger partial charge in [0.15, 0.2) is 5.69 Å². The Balaban J connectivity index is 1.39. The smallest absolute Gasteiger partial charge is 0.274 e. The van der Waals surface area contributed by atoms with Gasteiger partial charge in [-0.05, 0) is 37.1 Å². The Bertz CT molecular complexity index is 1250. The topological polar surface area (TPSA) is 91.1 Å². The van der Waals surface area contributed by atoms with E-state index in [2.05, 4.69) is 9.88 Å². The molecule has 174 valence electrons. The van der Waals surface area contributed by atoms with Crippen LogP contribution in [0.1, 0.15) is 35.1 Å². The maximum absolute atomic E-state index is 13.5. The number of hydrogen-bond donors (Lipinski definition) is 0. The molecule has 0 unspecified atom stereocenters. The Morgan fingerprint density at radius 3 is 2.52 bits per heavy atom. The van der Waals surface area contributed by atoms with Crippen LogP contribution in [0.2, 0.25) is 0 Å². The molecule has 5 rings (SSSR count). The first-order valence-electron chi connectivity index (χ1n) is 11.3. The standard InChI is InChI=1S/C23H28N6O3S/c1-33(31,32)28-11-4-5-18(17-28)22-25-21(20-6-2-3-12-29(20)22)23(30)27-15-13-26(14-16-27)19-7-9-24-10-8-19/h2-3,6-10,12,18H,4-5,11,13-17H2,1H3/t18-/m0/s1. The third kappa shape index (κ3) is 4.32. The van der Waals surface area contributed by atoms with E-state index in [1.165, 1.54) is 10.6 Å². The number of pyridine rings is 2. The summed E-state index contributed by atoms with van der Waals surface area (Å²) in [6.45, 7) is 3.67. The highest BCUT2D eigenvalue weighted by Crippen LogP contribution is 2.30. The Hall–Kier alpha value is -2.98. The first kappa shape index (κ1) is 21.8. The van der Waals surface area contributed by atoms with E-state index < -0.39 is 10.0 Å². The lowest BCUT2D eigenvalue weighted by Crippen LogP contribution is -2.49. The molecule has 0 aliphatic carbocycles. The number of piperazine rings is 1. The fraction of sp³-hybridized carbons (Fsp3) is 0.435. The highest BCUT2D eigenvalue weighted by molar-refractivity contribution is 7.88. The molecule has 2 fully saturated rings. The maximum Gasteiger partial charge on any atom is 0.274 e. The Labute approximate surface area is 193 Å². The molecule has 2 aliphatic rings. The summed E-state index contributed by atoms with van der Waals surface area (Å²) in [6, 6.07) is 9.70. The van der Waals surface area contributed by atoms with Crippen molar-refractivity contribution >= 4 is 27.1 Å². The molecule has 0 spiro atoms. The molecule has 0 radical (unpaired) electrons. The van der Waals surface area contributed by atoms with E-state index in [1.807, 2.05) is 45.8 Å². The van der Waals surface area contributed by atoms with Gasteiger partial charge in [0.25, 0.3) is 5.91 Å². The number of fused-ring (bicyclic) bond motifs is 1. The molecule has 0 bridgehead atoms. The number of carbonyl (C=O) groups excluding carboxylic acids is 1. The number of aromatic nitrogens is 3. The third-order valence-corrected chi connectivity index (χ3v) is 7.86. The van der Waals surface area contributed by atoms with Gasteiger partial charge in [0.1, 0.15) is 5.82 Å². The summed E-state index contributed by atoms with van der Waals surface area (Å²) in [6.07, 6.45) is 8.34. The summed E-state index contributed by atoms with van der Waals surface area (Å²) in [5.41, 5.74) is 2.32. The Kier molecular flexibility index (Phi) is 5.79. The number of carbonyl (C=O) groups is 1. The van der Waals surface area contributed by atoms with E-state index in [1.54, 1.807) is 12.4 Å². The number of anilines is 1. The largest absolute Gasteiger partial charge is 0.368 e. The second-order valence-corrected chi connectivity index (χ2v) is 10.7. The molecule has 2 saturated heterocycles. The van der Waals surface area contributed by atoms with Gasteiger partial charge in [-0.2, -0.15) is 0 Å². The molecule has 3 aromatic heterocycles. The van der Waals surface area contributed by atoms with Gasteiger partial charge in [-0.15, -0.1) is 0 Å². The fourth-order valence-corrected chi connectivity index (χ4v) is 5.75. The van der Waals surface area contributed by atoms with Gasteiger partial charge in [0, 0.05) is 69.5 Å². The summed E-state index contributed by atoms with van der Waals surface area (Å²) < 4.78 is 27.7. The molecule has 3 aromatic rings. The number of imidazole rings is 1. The molecular formula is C23H28N6O3S. The second kappa shape index (κ2) is 8.75. The summed E-state index contributed by atoms with van der Waals surface area (Å²) >= 11 is 0. The number of hydrogen-bond acceptors (Lipinski definition) is 6. The molecule has 9 nitrogen and oxygen atoms in total. The molecule has 33 heavy (non-hydrogen) atoms. The first-order valence-corrected chi connectivity index (χ1v) is 13.1. The first-order chi connectivity index (χ1) is 15.9. The van der Waals surface area contributed by atoms with Gasteiger partial charge in [0.2, 0.25) is 10.0 Å². The van der Waals surface area contributed by atoms with Gasteiger partial charge in [-0.1, -0.05) is 6.07 Å². The van der Waals surface area contributed by atoms with Crippen molar-refractivity contribution in [3.63, 3.8) is 0 Å². The number of nitrogens with zero attached hydrogens (tertiary/aromatic N) is 6. The molecular weight excluding hydrogens is 440 g/mol. The van der Waals surface area contributed by atoms with Crippen molar-refractivity contribution in [1.82, 2.24) is 23.6 Å². The molecule has 2 aliphatic heterocycles. The van der Waals surface area contributed by atoms with E-state index in [4.69, 9.17) is 4.98 Å². The van der Waals surface area contributed by atoms with Gasteiger partial charge < -0.3 is 14.2 Å². The second-order valence-electron chi connectivity index (χ2n) is 8.72. The minimum atomic E-state index is -3.26. The highest BCUT2D eigenvalue weighted by Gasteiger charge is 2.32. The molecule has 1 atom stereocenters. The fourth-order valence-electron chi connectivity index (χ4n) is 4.83. The summed E-state index contributed by atoms with van der Waals surface area (Å²) in [7, 11) is -3.26. The van der Waals surface area contributed by atoms with Crippen molar-refractivity contribution < 1.29 is 13.2 Å². The SMILES string of the molecule is CS(=O)(=O)N1CCC[C@H](c2nc(C(=O)N3CCN(c4ccncc4)CC3)c3ccccn23)C1. The number of amides is 1. The lowest BCUT2D eigenvalue weighted by Gasteiger charge is -2.35. The molecule has 0 N–H and O–H groups in total. The van der Waals surface area contributed by atoms with Crippen LogP contribution in [0.25, 0.3) is 5.52 Å². The normalized spacial score (nSPS) is 20.3. The van der Waals surface area contributed by atoms with Gasteiger partial charge >= 0.3 is 0 Å². The number of piperidine rings is 1. The van der Waals surface area contributed by atoms with Crippen LogP contribution in [0.3, 0.4) is 0 Å². The Morgan fingerprint density at radius 1 is 1.03 bits per heavy atom. The van der Waals surface area contributed by atoms with E-state index >= 15 is 0 Å². The van der Waals surface area contributed by atoms with Crippen LogP contribution in [0.4, 0.5) is 5.69 Å².